The molecule has 11 heavy (non-hydrogen) atoms. The van der Waals surface area contributed by atoms with E-state index in [2.05, 4.69) is 20.6 Å². The summed E-state index contributed by atoms with van der Waals surface area (Å²) in [6, 6.07) is 0. The molecular formula is C3H10CaN6O. The van der Waals surface area contributed by atoms with Crippen LogP contribution in [0.5, 0.6) is 0 Å². The Labute approximate surface area is 92.9 Å². The molecule has 0 radical (unpaired) electrons. The number of rotatable bonds is 3. The van der Waals surface area contributed by atoms with Crippen LogP contribution in [0.2, 0.25) is 0 Å². The Morgan fingerprint density at radius 1 is 1.64 bits per heavy atom. The number of aliphatic hydroxyl groups excluding tert-OH is 1. The van der Waals surface area contributed by atoms with Crippen molar-refractivity contribution in [3.63, 3.8) is 0 Å². The quantitative estimate of drug-likeness (QED) is 0.263. The molecule has 60 valence electrons. The fraction of sp³-hybridized carbons (Fsp3) is 0.667. The van der Waals surface area contributed by atoms with Crippen LogP contribution in [0.3, 0.4) is 0 Å². The molecule has 0 aromatic carbocycles. The Bertz CT molecular complexity index is 178. The number of nitrogens with two attached hydrogens (primary N) is 1. The molecule has 0 saturated heterocycles. The minimum absolute atomic E-state index is 0. The number of hydrazine groups is 1. The number of aliphatic hydroxyl groups is 1. The molecule has 0 unspecified atom stereocenters. The van der Waals surface area contributed by atoms with Gasteiger partial charge >= 0.3 is 37.7 Å². The SMILES string of the molecule is NN(CCO)c1nnn[nH]1.[CaH2]. The fourth-order valence-corrected chi connectivity index (χ4v) is 0.489. The van der Waals surface area contributed by atoms with Crippen LogP contribution >= 0.6 is 0 Å². The van der Waals surface area contributed by atoms with Gasteiger partial charge in [-0.2, -0.15) is 0 Å². The summed E-state index contributed by atoms with van der Waals surface area (Å²) in [5, 5.41) is 22.2. The van der Waals surface area contributed by atoms with Gasteiger partial charge in [0.15, 0.2) is 0 Å². The monoisotopic (exact) mass is 186 g/mol. The van der Waals surface area contributed by atoms with Crippen molar-refractivity contribution in [1.29, 1.82) is 0 Å². The molecule has 1 rings (SSSR count). The Hall–Kier alpha value is 0.0497. The van der Waals surface area contributed by atoms with Crippen LogP contribution < -0.4 is 10.9 Å². The van der Waals surface area contributed by atoms with Crippen molar-refractivity contribution in [1.82, 2.24) is 20.6 Å². The first kappa shape index (κ1) is 11.0. The molecule has 0 saturated carbocycles. The van der Waals surface area contributed by atoms with Gasteiger partial charge in [0.25, 0.3) is 5.95 Å². The number of hydrogen-bond acceptors (Lipinski definition) is 6. The summed E-state index contributed by atoms with van der Waals surface area (Å²) in [7, 11) is 0. The van der Waals surface area contributed by atoms with Gasteiger partial charge in [0.2, 0.25) is 0 Å². The standard InChI is InChI=1S/C3H8N6O.Ca.2H/c4-9(1-2-10)3-5-7-8-6-3;;;/h10H,1-2,4H2,(H,5,6,7,8);;;. The molecule has 0 bridgehead atoms. The molecule has 7 nitrogen and oxygen atoms in total. The van der Waals surface area contributed by atoms with Crippen LogP contribution in [0.25, 0.3) is 0 Å². The van der Waals surface area contributed by atoms with Crippen molar-refractivity contribution in [2.75, 3.05) is 18.2 Å². The molecule has 1 aromatic heterocycles. The number of aromatic amines is 1. The number of hydrogen-bond donors (Lipinski definition) is 3. The van der Waals surface area contributed by atoms with E-state index in [-0.39, 0.29) is 44.3 Å². The zero-order valence-electron chi connectivity index (χ0n) is 5.23. The van der Waals surface area contributed by atoms with E-state index in [0.717, 1.165) is 0 Å². The van der Waals surface area contributed by atoms with Gasteiger partial charge in [0.1, 0.15) is 0 Å². The molecule has 0 aliphatic heterocycles. The zero-order chi connectivity index (χ0) is 7.40. The molecule has 0 atom stereocenters. The van der Waals surface area contributed by atoms with Crippen molar-refractivity contribution in [2.45, 2.75) is 0 Å². The zero-order valence-corrected chi connectivity index (χ0v) is 5.23. The second-order valence-corrected chi connectivity index (χ2v) is 1.64. The molecule has 8 heteroatoms. The third-order valence-corrected chi connectivity index (χ3v) is 0.947. The van der Waals surface area contributed by atoms with E-state index in [1.54, 1.807) is 0 Å². The summed E-state index contributed by atoms with van der Waals surface area (Å²) in [4.78, 5) is 0. The van der Waals surface area contributed by atoms with Crippen LogP contribution in [0.4, 0.5) is 5.95 Å². The van der Waals surface area contributed by atoms with Crippen LogP contribution in [-0.2, 0) is 0 Å². The van der Waals surface area contributed by atoms with E-state index in [0.29, 0.717) is 12.5 Å². The number of anilines is 1. The van der Waals surface area contributed by atoms with Crippen LogP contribution in [-0.4, -0.2) is 76.6 Å². The third kappa shape index (κ3) is 3.30. The Kier molecular flexibility index (Phi) is 5.69. The van der Waals surface area contributed by atoms with E-state index in [9.17, 15) is 0 Å². The van der Waals surface area contributed by atoms with Crippen molar-refractivity contribution in [2.24, 2.45) is 5.84 Å². The van der Waals surface area contributed by atoms with E-state index >= 15 is 0 Å². The molecule has 0 aliphatic rings. The maximum atomic E-state index is 8.43. The summed E-state index contributed by atoms with van der Waals surface area (Å²) in [5.41, 5.74) is 0. The van der Waals surface area contributed by atoms with Gasteiger partial charge in [-0.1, -0.05) is 5.10 Å². The van der Waals surface area contributed by atoms with Crippen LogP contribution in [0.15, 0.2) is 0 Å². The molecule has 0 aliphatic carbocycles. The summed E-state index contributed by atoms with van der Waals surface area (Å²) in [6.45, 7) is 0.272. The molecular weight excluding hydrogens is 176 g/mol. The summed E-state index contributed by atoms with van der Waals surface area (Å²) in [5.74, 6) is 5.69. The number of tetrazole rings is 1. The number of nitrogens with one attached hydrogen (secondary N) is 1. The molecule has 1 aromatic rings. The van der Waals surface area contributed by atoms with Crippen LogP contribution in [0, 0.1) is 0 Å². The first-order valence-electron chi connectivity index (χ1n) is 2.71. The molecule has 4 N–H and O–H groups in total. The average Bonchev–Trinajstić information content (AvgIpc) is 2.38. The summed E-state index contributed by atoms with van der Waals surface area (Å²) < 4.78 is 0. The van der Waals surface area contributed by atoms with Gasteiger partial charge in [-0.3, -0.25) is 5.01 Å². The molecule has 0 spiro atoms. The number of nitrogens with zero attached hydrogens (tertiary/aromatic N) is 4. The number of aromatic nitrogens is 4. The first-order chi connectivity index (χ1) is 4.84. The van der Waals surface area contributed by atoms with Crippen molar-refractivity contribution >= 4 is 43.7 Å². The van der Waals surface area contributed by atoms with Gasteiger partial charge in [-0.15, -0.1) is 0 Å². The number of H-pyrrole nitrogens is 1. The van der Waals surface area contributed by atoms with Crippen LogP contribution in [0.1, 0.15) is 0 Å². The molecule has 1 heterocycles. The second kappa shape index (κ2) is 5.67. The normalized spacial score (nSPS) is 8.91. The molecule has 0 amide bonds. The van der Waals surface area contributed by atoms with Crippen molar-refractivity contribution in [3.05, 3.63) is 0 Å². The fourth-order valence-electron chi connectivity index (χ4n) is 0.489. The minimum atomic E-state index is -0.0306. The Morgan fingerprint density at radius 2 is 2.36 bits per heavy atom. The van der Waals surface area contributed by atoms with E-state index < -0.39 is 0 Å². The van der Waals surface area contributed by atoms with E-state index in [4.69, 9.17) is 10.9 Å². The second-order valence-electron chi connectivity index (χ2n) is 1.64. The molecule has 0 fully saturated rings. The first-order valence-corrected chi connectivity index (χ1v) is 2.71. The topological polar surface area (TPSA) is 104 Å². The van der Waals surface area contributed by atoms with Gasteiger partial charge in [-0.25, -0.2) is 10.9 Å². The summed E-state index contributed by atoms with van der Waals surface area (Å²) in [6.07, 6.45) is 0. The predicted molar refractivity (Wildman–Crippen MR) is 41.3 cm³/mol. The Morgan fingerprint density at radius 3 is 2.82 bits per heavy atom. The van der Waals surface area contributed by atoms with Crippen molar-refractivity contribution in [3.8, 4) is 0 Å². The van der Waals surface area contributed by atoms with Crippen molar-refractivity contribution < 1.29 is 5.11 Å². The third-order valence-electron chi connectivity index (χ3n) is 0.947. The van der Waals surface area contributed by atoms with Gasteiger partial charge in [0, 0.05) is 0 Å². The van der Waals surface area contributed by atoms with Gasteiger partial charge in [0.05, 0.1) is 13.2 Å². The van der Waals surface area contributed by atoms with E-state index in [1.165, 1.54) is 5.01 Å². The summed E-state index contributed by atoms with van der Waals surface area (Å²) >= 11 is 0. The van der Waals surface area contributed by atoms with Gasteiger partial charge < -0.3 is 5.11 Å². The van der Waals surface area contributed by atoms with E-state index in [1.807, 2.05) is 0 Å². The predicted octanol–water partition coefficient (Wildman–Crippen LogP) is -3.04. The maximum absolute atomic E-state index is 8.43. The van der Waals surface area contributed by atoms with Gasteiger partial charge in [-0.05, 0) is 10.4 Å². The average molecular weight is 186 g/mol. The Balaban J connectivity index is 0.000001000.